The van der Waals surface area contributed by atoms with Gasteiger partial charge in [0.25, 0.3) is 0 Å². The molecule has 19 heavy (non-hydrogen) atoms. The lowest BCUT2D eigenvalue weighted by atomic mass is 9.95. The molecule has 0 spiro atoms. The Labute approximate surface area is 116 Å². The smallest absolute Gasteiger partial charge is 0.223 e. The average molecular weight is 260 g/mol. The summed E-state index contributed by atoms with van der Waals surface area (Å²) in [7, 11) is 2.12. The predicted octanol–water partition coefficient (Wildman–Crippen LogP) is 2.25. The Balaban J connectivity index is 1.77. The molecule has 1 aromatic rings. The molecule has 1 aliphatic heterocycles. The van der Waals surface area contributed by atoms with Crippen molar-refractivity contribution in [3.63, 3.8) is 0 Å². The number of amides is 1. The Bertz CT molecular complexity index is 396. The SMILES string of the molecule is CC(CNC(=O)C1CCN(C)CC1)c1ccccc1. The van der Waals surface area contributed by atoms with Gasteiger partial charge in [-0.25, -0.2) is 0 Å². The molecule has 0 aliphatic carbocycles. The van der Waals surface area contributed by atoms with E-state index in [9.17, 15) is 4.79 Å². The van der Waals surface area contributed by atoms with Gasteiger partial charge < -0.3 is 10.2 Å². The second-order valence-corrected chi connectivity index (χ2v) is 5.63. The summed E-state index contributed by atoms with van der Waals surface area (Å²) in [6.07, 6.45) is 1.98. The summed E-state index contributed by atoms with van der Waals surface area (Å²) < 4.78 is 0. The van der Waals surface area contributed by atoms with Crippen molar-refractivity contribution in [3.05, 3.63) is 35.9 Å². The van der Waals surface area contributed by atoms with Crippen LogP contribution in [0.4, 0.5) is 0 Å². The van der Waals surface area contributed by atoms with Gasteiger partial charge in [-0.3, -0.25) is 4.79 Å². The Morgan fingerprint density at radius 1 is 1.32 bits per heavy atom. The molecule has 104 valence electrons. The third-order valence-electron chi connectivity index (χ3n) is 4.04. The second kappa shape index (κ2) is 6.71. The van der Waals surface area contributed by atoms with Crippen LogP contribution in [-0.2, 0) is 4.79 Å². The molecule has 1 fully saturated rings. The van der Waals surface area contributed by atoms with E-state index in [2.05, 4.69) is 36.3 Å². The maximum absolute atomic E-state index is 12.1. The average Bonchev–Trinajstić information content (AvgIpc) is 2.46. The van der Waals surface area contributed by atoms with E-state index in [1.165, 1.54) is 5.56 Å². The van der Waals surface area contributed by atoms with Crippen LogP contribution >= 0.6 is 0 Å². The number of rotatable bonds is 4. The summed E-state index contributed by atoms with van der Waals surface area (Å²) in [6, 6.07) is 10.3. The van der Waals surface area contributed by atoms with Gasteiger partial charge in [-0.15, -0.1) is 0 Å². The lowest BCUT2D eigenvalue weighted by Gasteiger charge is -2.28. The minimum atomic E-state index is 0.208. The maximum Gasteiger partial charge on any atom is 0.223 e. The van der Waals surface area contributed by atoms with Gasteiger partial charge in [0.1, 0.15) is 0 Å². The van der Waals surface area contributed by atoms with Crippen LogP contribution in [-0.4, -0.2) is 37.5 Å². The second-order valence-electron chi connectivity index (χ2n) is 5.63. The van der Waals surface area contributed by atoms with Gasteiger partial charge in [0.2, 0.25) is 5.91 Å². The first-order chi connectivity index (χ1) is 9.16. The standard InChI is InChI=1S/C16H24N2O/c1-13(14-6-4-3-5-7-14)12-17-16(19)15-8-10-18(2)11-9-15/h3-7,13,15H,8-12H2,1-2H3,(H,17,19). The molecular weight excluding hydrogens is 236 g/mol. The van der Waals surface area contributed by atoms with Gasteiger partial charge >= 0.3 is 0 Å². The lowest BCUT2D eigenvalue weighted by molar-refractivity contribution is -0.126. The van der Waals surface area contributed by atoms with E-state index in [-0.39, 0.29) is 11.8 Å². The zero-order valence-corrected chi connectivity index (χ0v) is 11.9. The Hall–Kier alpha value is -1.35. The summed E-state index contributed by atoms with van der Waals surface area (Å²) >= 11 is 0. The number of nitrogens with zero attached hydrogens (tertiary/aromatic N) is 1. The molecule has 1 unspecified atom stereocenters. The first-order valence-electron chi connectivity index (χ1n) is 7.18. The van der Waals surface area contributed by atoms with Gasteiger partial charge in [-0.05, 0) is 44.5 Å². The van der Waals surface area contributed by atoms with Gasteiger partial charge in [0.15, 0.2) is 0 Å². The Kier molecular flexibility index (Phi) is 4.97. The quantitative estimate of drug-likeness (QED) is 0.900. The molecule has 1 heterocycles. The van der Waals surface area contributed by atoms with Crippen molar-refractivity contribution < 1.29 is 4.79 Å². The normalized spacial score (nSPS) is 19.1. The topological polar surface area (TPSA) is 32.3 Å². The third kappa shape index (κ3) is 4.06. The molecular formula is C16H24N2O. The van der Waals surface area contributed by atoms with Crippen molar-refractivity contribution in [1.82, 2.24) is 10.2 Å². The van der Waals surface area contributed by atoms with Crippen LogP contribution in [0.3, 0.4) is 0 Å². The predicted molar refractivity (Wildman–Crippen MR) is 78.1 cm³/mol. The highest BCUT2D eigenvalue weighted by molar-refractivity contribution is 5.78. The van der Waals surface area contributed by atoms with Crippen LogP contribution in [0, 0.1) is 5.92 Å². The van der Waals surface area contributed by atoms with Crippen molar-refractivity contribution in [2.75, 3.05) is 26.7 Å². The van der Waals surface area contributed by atoms with E-state index in [4.69, 9.17) is 0 Å². The number of likely N-dealkylation sites (tertiary alicyclic amines) is 1. The van der Waals surface area contributed by atoms with Crippen LogP contribution in [0.15, 0.2) is 30.3 Å². The van der Waals surface area contributed by atoms with E-state index >= 15 is 0 Å². The molecule has 1 N–H and O–H groups in total. The molecule has 3 heteroatoms. The van der Waals surface area contributed by atoms with Crippen molar-refractivity contribution in [2.24, 2.45) is 5.92 Å². The molecule has 1 amide bonds. The van der Waals surface area contributed by atoms with E-state index < -0.39 is 0 Å². The number of carbonyl (C=O) groups is 1. The number of carbonyl (C=O) groups excluding carboxylic acids is 1. The first kappa shape index (κ1) is 14.1. The van der Waals surface area contributed by atoms with Gasteiger partial charge in [-0.1, -0.05) is 37.3 Å². The van der Waals surface area contributed by atoms with Crippen LogP contribution in [0.25, 0.3) is 0 Å². The van der Waals surface area contributed by atoms with Crippen LogP contribution in [0.1, 0.15) is 31.2 Å². The number of hydrogen-bond acceptors (Lipinski definition) is 2. The van der Waals surface area contributed by atoms with E-state index in [0.717, 1.165) is 32.5 Å². The van der Waals surface area contributed by atoms with E-state index in [0.29, 0.717) is 5.92 Å². The number of piperidine rings is 1. The molecule has 3 nitrogen and oxygen atoms in total. The number of benzene rings is 1. The van der Waals surface area contributed by atoms with Gasteiger partial charge in [0, 0.05) is 12.5 Å². The molecule has 2 rings (SSSR count). The molecule has 1 saturated heterocycles. The van der Waals surface area contributed by atoms with E-state index in [1.807, 2.05) is 18.2 Å². The van der Waals surface area contributed by atoms with Gasteiger partial charge in [-0.2, -0.15) is 0 Å². The molecule has 0 saturated carbocycles. The molecule has 1 aromatic carbocycles. The number of nitrogens with one attached hydrogen (secondary N) is 1. The fourth-order valence-electron chi connectivity index (χ4n) is 2.57. The molecule has 0 radical (unpaired) electrons. The summed E-state index contributed by atoms with van der Waals surface area (Å²) in [5.41, 5.74) is 1.28. The van der Waals surface area contributed by atoms with Crippen molar-refractivity contribution >= 4 is 5.91 Å². The zero-order valence-electron chi connectivity index (χ0n) is 11.9. The molecule has 1 aliphatic rings. The largest absolute Gasteiger partial charge is 0.355 e. The fraction of sp³-hybridized carbons (Fsp3) is 0.562. The zero-order chi connectivity index (χ0) is 13.7. The maximum atomic E-state index is 12.1. The highest BCUT2D eigenvalue weighted by atomic mass is 16.1. The number of hydrogen-bond donors (Lipinski definition) is 1. The Morgan fingerprint density at radius 3 is 2.58 bits per heavy atom. The molecule has 0 bridgehead atoms. The minimum absolute atomic E-state index is 0.208. The first-order valence-corrected chi connectivity index (χ1v) is 7.18. The lowest BCUT2D eigenvalue weighted by Crippen LogP contribution is -2.40. The monoisotopic (exact) mass is 260 g/mol. The van der Waals surface area contributed by atoms with Crippen LogP contribution in [0.2, 0.25) is 0 Å². The Morgan fingerprint density at radius 2 is 1.95 bits per heavy atom. The highest BCUT2D eigenvalue weighted by Gasteiger charge is 2.23. The summed E-state index contributed by atoms with van der Waals surface area (Å²) in [4.78, 5) is 14.4. The summed E-state index contributed by atoms with van der Waals surface area (Å²) in [6.45, 7) is 4.96. The van der Waals surface area contributed by atoms with Crippen LogP contribution in [0.5, 0.6) is 0 Å². The summed E-state index contributed by atoms with van der Waals surface area (Å²) in [5, 5.41) is 3.11. The third-order valence-corrected chi connectivity index (χ3v) is 4.04. The van der Waals surface area contributed by atoms with E-state index in [1.54, 1.807) is 0 Å². The van der Waals surface area contributed by atoms with Gasteiger partial charge in [0.05, 0.1) is 0 Å². The van der Waals surface area contributed by atoms with Crippen molar-refractivity contribution in [3.8, 4) is 0 Å². The molecule has 1 atom stereocenters. The van der Waals surface area contributed by atoms with Crippen LogP contribution < -0.4 is 5.32 Å². The van der Waals surface area contributed by atoms with Crippen molar-refractivity contribution in [1.29, 1.82) is 0 Å². The summed E-state index contributed by atoms with van der Waals surface area (Å²) in [5.74, 6) is 0.812. The fourth-order valence-corrected chi connectivity index (χ4v) is 2.57. The van der Waals surface area contributed by atoms with Crippen molar-refractivity contribution in [2.45, 2.75) is 25.7 Å². The highest BCUT2D eigenvalue weighted by Crippen LogP contribution is 2.17. The molecule has 0 aromatic heterocycles. The minimum Gasteiger partial charge on any atom is -0.355 e.